The molecule has 1 fully saturated rings. The first kappa shape index (κ1) is 18.3. The van der Waals surface area contributed by atoms with E-state index in [2.05, 4.69) is 55.5 Å². The average molecular weight is 353 g/mol. The first-order valence-corrected chi connectivity index (χ1v) is 10.1. The molecule has 0 unspecified atom stereocenters. The molecule has 0 bridgehead atoms. The molecule has 1 aliphatic rings. The summed E-state index contributed by atoms with van der Waals surface area (Å²) in [5.74, 6) is 1.86. The van der Waals surface area contributed by atoms with Gasteiger partial charge in [0.2, 0.25) is 0 Å². The summed E-state index contributed by atoms with van der Waals surface area (Å²) in [6, 6.07) is 17.2. The third kappa shape index (κ3) is 5.47. The zero-order valence-electron chi connectivity index (χ0n) is 15.3. The summed E-state index contributed by atoms with van der Waals surface area (Å²) in [6.45, 7) is 2.13. The van der Waals surface area contributed by atoms with Crippen LogP contribution in [0.3, 0.4) is 0 Å². The van der Waals surface area contributed by atoms with E-state index in [1.165, 1.54) is 61.6 Å². The molecule has 132 valence electrons. The van der Waals surface area contributed by atoms with Gasteiger partial charge in [-0.2, -0.15) is 0 Å². The van der Waals surface area contributed by atoms with E-state index in [0.717, 1.165) is 16.9 Å². The van der Waals surface area contributed by atoms with E-state index in [1.807, 2.05) is 12.1 Å². The molecular weight excluding hydrogens is 324 g/mol. The molecule has 0 N–H and O–H groups in total. The van der Waals surface area contributed by atoms with E-state index in [4.69, 9.17) is 11.6 Å². The van der Waals surface area contributed by atoms with Crippen LogP contribution in [0.1, 0.15) is 51.0 Å². The number of rotatable bonds is 6. The molecule has 3 rings (SSSR count). The van der Waals surface area contributed by atoms with Crippen LogP contribution in [0, 0.1) is 11.8 Å². The summed E-state index contributed by atoms with van der Waals surface area (Å²) in [7, 11) is 0. The van der Waals surface area contributed by atoms with Gasteiger partial charge < -0.3 is 0 Å². The van der Waals surface area contributed by atoms with Crippen molar-refractivity contribution in [1.82, 2.24) is 0 Å². The molecule has 0 spiro atoms. The molecule has 1 heteroatoms. The lowest BCUT2D eigenvalue weighted by Gasteiger charge is -2.28. The summed E-state index contributed by atoms with van der Waals surface area (Å²) in [5, 5.41) is 0.792. The number of allylic oxidation sites excluding steroid dienone is 2. The standard InChI is InChI=1S/C24H29Cl/c1-2-3-4-19-5-7-20(8-6-19)9-10-21-11-13-22(14-12-21)23-15-17-24(25)18-16-23/h2-3,11-20H,4-10H2,1H3. The van der Waals surface area contributed by atoms with Crippen molar-refractivity contribution >= 4 is 11.6 Å². The molecule has 2 aromatic carbocycles. The monoisotopic (exact) mass is 352 g/mol. The predicted octanol–water partition coefficient (Wildman–Crippen LogP) is 7.71. The van der Waals surface area contributed by atoms with Crippen molar-refractivity contribution in [3.8, 4) is 11.1 Å². The van der Waals surface area contributed by atoms with Gasteiger partial charge >= 0.3 is 0 Å². The fourth-order valence-corrected chi connectivity index (χ4v) is 4.09. The Labute approximate surface area is 157 Å². The van der Waals surface area contributed by atoms with Crippen LogP contribution in [-0.4, -0.2) is 0 Å². The quantitative estimate of drug-likeness (QED) is 0.467. The minimum atomic E-state index is 0.792. The minimum Gasteiger partial charge on any atom is -0.0917 e. The van der Waals surface area contributed by atoms with Crippen LogP contribution in [0.2, 0.25) is 5.02 Å². The maximum absolute atomic E-state index is 5.97. The second-order valence-corrected chi connectivity index (χ2v) is 7.87. The van der Waals surface area contributed by atoms with Gasteiger partial charge in [-0.15, -0.1) is 0 Å². The Balaban J connectivity index is 1.47. The van der Waals surface area contributed by atoms with E-state index >= 15 is 0 Å². The summed E-state index contributed by atoms with van der Waals surface area (Å²) in [4.78, 5) is 0. The summed E-state index contributed by atoms with van der Waals surface area (Å²) < 4.78 is 0. The second kappa shape index (κ2) is 9.25. The van der Waals surface area contributed by atoms with Gasteiger partial charge in [-0.25, -0.2) is 0 Å². The Kier molecular flexibility index (Phi) is 6.76. The van der Waals surface area contributed by atoms with Gasteiger partial charge in [-0.05, 0) is 79.7 Å². The SMILES string of the molecule is CC=CCC1CCC(CCc2ccc(-c3ccc(Cl)cc3)cc2)CC1. The third-order valence-electron chi connectivity index (χ3n) is 5.64. The predicted molar refractivity (Wildman–Crippen MR) is 110 cm³/mol. The van der Waals surface area contributed by atoms with Gasteiger partial charge in [0.05, 0.1) is 0 Å². The zero-order valence-corrected chi connectivity index (χ0v) is 16.0. The van der Waals surface area contributed by atoms with E-state index < -0.39 is 0 Å². The molecule has 1 saturated carbocycles. The Morgan fingerprint density at radius 3 is 2.00 bits per heavy atom. The van der Waals surface area contributed by atoms with Crippen molar-refractivity contribution in [3.63, 3.8) is 0 Å². The lowest BCUT2D eigenvalue weighted by molar-refractivity contribution is 0.265. The van der Waals surface area contributed by atoms with Crippen molar-refractivity contribution in [2.24, 2.45) is 11.8 Å². The molecule has 25 heavy (non-hydrogen) atoms. The Bertz CT molecular complexity index is 658. The molecule has 1 aliphatic carbocycles. The number of aryl methyl sites for hydroxylation is 1. The van der Waals surface area contributed by atoms with Gasteiger partial charge in [0, 0.05) is 5.02 Å². The molecule has 0 aliphatic heterocycles. The van der Waals surface area contributed by atoms with Crippen LogP contribution in [0.25, 0.3) is 11.1 Å². The lowest BCUT2D eigenvalue weighted by Crippen LogP contribution is -2.14. The van der Waals surface area contributed by atoms with Gasteiger partial charge in [0.1, 0.15) is 0 Å². The number of hydrogen-bond donors (Lipinski definition) is 0. The van der Waals surface area contributed by atoms with Crippen molar-refractivity contribution in [3.05, 3.63) is 71.3 Å². The van der Waals surface area contributed by atoms with E-state index in [1.54, 1.807) is 0 Å². The first-order chi connectivity index (χ1) is 12.2. The molecule has 0 amide bonds. The van der Waals surface area contributed by atoms with Crippen LogP contribution in [0.4, 0.5) is 0 Å². The van der Waals surface area contributed by atoms with Crippen LogP contribution in [0.5, 0.6) is 0 Å². The van der Waals surface area contributed by atoms with Crippen LogP contribution >= 0.6 is 11.6 Å². The highest BCUT2D eigenvalue weighted by atomic mass is 35.5. The fourth-order valence-electron chi connectivity index (χ4n) is 3.96. The topological polar surface area (TPSA) is 0 Å². The Hall–Kier alpha value is -1.53. The van der Waals surface area contributed by atoms with Gasteiger partial charge in [0.25, 0.3) is 0 Å². The van der Waals surface area contributed by atoms with Crippen molar-refractivity contribution in [2.75, 3.05) is 0 Å². The third-order valence-corrected chi connectivity index (χ3v) is 5.90. The number of hydrogen-bond acceptors (Lipinski definition) is 0. The molecule has 0 saturated heterocycles. The summed E-state index contributed by atoms with van der Waals surface area (Å²) in [6.07, 6.45) is 14.1. The highest BCUT2D eigenvalue weighted by molar-refractivity contribution is 6.30. The maximum Gasteiger partial charge on any atom is 0.0406 e. The smallest absolute Gasteiger partial charge is 0.0406 e. The zero-order chi connectivity index (χ0) is 17.5. The molecule has 2 aromatic rings. The molecule has 0 nitrogen and oxygen atoms in total. The highest BCUT2D eigenvalue weighted by Crippen LogP contribution is 2.33. The van der Waals surface area contributed by atoms with Gasteiger partial charge in [-0.3, -0.25) is 0 Å². The number of halogens is 1. The molecule has 0 aromatic heterocycles. The lowest BCUT2D eigenvalue weighted by atomic mass is 9.78. The van der Waals surface area contributed by atoms with Crippen LogP contribution in [0.15, 0.2) is 60.7 Å². The van der Waals surface area contributed by atoms with Crippen molar-refractivity contribution in [1.29, 1.82) is 0 Å². The Morgan fingerprint density at radius 2 is 1.40 bits per heavy atom. The van der Waals surface area contributed by atoms with Crippen LogP contribution in [-0.2, 0) is 6.42 Å². The molecule has 0 radical (unpaired) electrons. The first-order valence-electron chi connectivity index (χ1n) is 9.70. The fraction of sp³-hybridized carbons (Fsp3) is 0.417. The molecular formula is C24H29Cl. The maximum atomic E-state index is 5.97. The van der Waals surface area contributed by atoms with Crippen molar-refractivity contribution < 1.29 is 0 Å². The van der Waals surface area contributed by atoms with E-state index in [-0.39, 0.29) is 0 Å². The minimum absolute atomic E-state index is 0.792. The summed E-state index contributed by atoms with van der Waals surface area (Å²) in [5.41, 5.74) is 3.97. The van der Waals surface area contributed by atoms with E-state index in [9.17, 15) is 0 Å². The highest BCUT2D eigenvalue weighted by Gasteiger charge is 2.20. The van der Waals surface area contributed by atoms with Crippen molar-refractivity contribution in [2.45, 2.75) is 51.9 Å². The van der Waals surface area contributed by atoms with Gasteiger partial charge in [-0.1, -0.05) is 73.0 Å². The van der Waals surface area contributed by atoms with Crippen LogP contribution < -0.4 is 0 Å². The summed E-state index contributed by atoms with van der Waals surface area (Å²) >= 11 is 5.97. The average Bonchev–Trinajstić information content (AvgIpc) is 2.67. The largest absolute Gasteiger partial charge is 0.0917 e. The molecule has 0 heterocycles. The molecule has 0 atom stereocenters. The normalized spacial score (nSPS) is 20.9. The second-order valence-electron chi connectivity index (χ2n) is 7.43. The van der Waals surface area contributed by atoms with E-state index in [0.29, 0.717) is 0 Å². The van der Waals surface area contributed by atoms with Gasteiger partial charge in [0.15, 0.2) is 0 Å². The number of benzene rings is 2. The Morgan fingerprint density at radius 1 is 0.840 bits per heavy atom.